The third-order valence-corrected chi connectivity index (χ3v) is 4.55. The standard InChI is InChI=1S/C12H12N4O4S2/c1-7(22-12-15-13-6-21-12)11(17)14-9-4-3-8(16(18)19)5-10(9)20-2/h3-7H,1-2H3,(H,14,17)/t7-/m0/s1. The summed E-state index contributed by atoms with van der Waals surface area (Å²) in [6.07, 6.45) is 0. The van der Waals surface area contributed by atoms with Crippen molar-refractivity contribution in [2.24, 2.45) is 0 Å². The van der Waals surface area contributed by atoms with Crippen molar-refractivity contribution in [1.82, 2.24) is 10.2 Å². The zero-order valence-electron chi connectivity index (χ0n) is 11.7. The molecule has 22 heavy (non-hydrogen) atoms. The number of hydrogen-bond donors (Lipinski definition) is 1. The second kappa shape index (κ2) is 7.18. The lowest BCUT2D eigenvalue weighted by Gasteiger charge is -2.13. The molecule has 10 heteroatoms. The molecule has 0 aliphatic carbocycles. The molecular weight excluding hydrogens is 328 g/mol. The molecule has 0 radical (unpaired) electrons. The van der Waals surface area contributed by atoms with Crippen LogP contribution < -0.4 is 10.1 Å². The molecule has 0 spiro atoms. The minimum absolute atomic E-state index is 0.105. The van der Waals surface area contributed by atoms with Gasteiger partial charge in [0, 0.05) is 6.07 Å². The summed E-state index contributed by atoms with van der Waals surface area (Å²) < 4.78 is 5.77. The first-order valence-corrected chi connectivity index (χ1v) is 7.83. The number of rotatable bonds is 6. The quantitative estimate of drug-likeness (QED) is 0.489. The molecule has 1 aromatic carbocycles. The molecule has 2 rings (SSSR count). The van der Waals surface area contributed by atoms with Crippen molar-refractivity contribution in [2.75, 3.05) is 12.4 Å². The molecule has 1 atom stereocenters. The first-order valence-electron chi connectivity index (χ1n) is 6.07. The Morgan fingerprint density at radius 3 is 2.91 bits per heavy atom. The zero-order valence-corrected chi connectivity index (χ0v) is 13.3. The van der Waals surface area contributed by atoms with Gasteiger partial charge in [-0.3, -0.25) is 14.9 Å². The van der Waals surface area contributed by atoms with Gasteiger partial charge >= 0.3 is 0 Å². The van der Waals surface area contributed by atoms with Crippen LogP contribution in [0.15, 0.2) is 28.0 Å². The van der Waals surface area contributed by atoms with Crippen LogP contribution in [0.2, 0.25) is 0 Å². The van der Waals surface area contributed by atoms with Crippen molar-refractivity contribution in [1.29, 1.82) is 0 Å². The number of amides is 1. The fourth-order valence-corrected chi connectivity index (χ4v) is 3.18. The number of non-ortho nitro benzene ring substituents is 1. The van der Waals surface area contributed by atoms with Gasteiger partial charge in [-0.15, -0.1) is 10.2 Å². The molecule has 0 fully saturated rings. The van der Waals surface area contributed by atoms with Gasteiger partial charge in [0.25, 0.3) is 5.69 Å². The Bertz CT molecular complexity index is 678. The summed E-state index contributed by atoms with van der Waals surface area (Å²) in [6.45, 7) is 1.74. The third kappa shape index (κ3) is 3.92. The highest BCUT2D eigenvalue weighted by molar-refractivity contribution is 8.02. The number of carbonyl (C=O) groups excluding carboxylic acids is 1. The topological polar surface area (TPSA) is 107 Å². The van der Waals surface area contributed by atoms with Crippen LogP contribution in [-0.4, -0.2) is 33.4 Å². The minimum atomic E-state index is -0.526. The molecule has 1 N–H and O–H groups in total. The summed E-state index contributed by atoms with van der Waals surface area (Å²) in [5.41, 5.74) is 1.86. The van der Waals surface area contributed by atoms with E-state index in [0.717, 1.165) is 0 Å². The van der Waals surface area contributed by atoms with E-state index in [1.54, 1.807) is 12.4 Å². The maximum absolute atomic E-state index is 12.2. The number of nitrogens with zero attached hydrogens (tertiary/aromatic N) is 3. The lowest BCUT2D eigenvalue weighted by Crippen LogP contribution is -2.22. The Kier molecular flexibility index (Phi) is 5.28. The Hall–Kier alpha value is -2.20. The number of aromatic nitrogens is 2. The fourth-order valence-electron chi connectivity index (χ4n) is 1.55. The monoisotopic (exact) mass is 340 g/mol. The first kappa shape index (κ1) is 16.2. The van der Waals surface area contributed by atoms with Gasteiger partial charge in [0.1, 0.15) is 11.3 Å². The highest BCUT2D eigenvalue weighted by Crippen LogP contribution is 2.30. The average Bonchev–Trinajstić information content (AvgIpc) is 3.00. The summed E-state index contributed by atoms with van der Waals surface area (Å²) in [7, 11) is 1.38. The van der Waals surface area contributed by atoms with E-state index in [1.165, 1.54) is 48.4 Å². The molecule has 0 saturated heterocycles. The number of nitrogens with one attached hydrogen (secondary N) is 1. The van der Waals surface area contributed by atoms with E-state index in [1.807, 2.05) is 0 Å². The van der Waals surface area contributed by atoms with Crippen molar-refractivity contribution < 1.29 is 14.5 Å². The Morgan fingerprint density at radius 2 is 2.32 bits per heavy atom. The highest BCUT2D eigenvalue weighted by atomic mass is 32.2. The van der Waals surface area contributed by atoms with Gasteiger partial charge in [0.05, 0.1) is 29.0 Å². The number of ether oxygens (including phenoxy) is 1. The van der Waals surface area contributed by atoms with Crippen LogP contribution in [0, 0.1) is 10.1 Å². The molecule has 1 amide bonds. The van der Waals surface area contributed by atoms with Crippen LogP contribution in [0.3, 0.4) is 0 Å². The van der Waals surface area contributed by atoms with Crippen LogP contribution in [0.5, 0.6) is 5.75 Å². The summed E-state index contributed by atoms with van der Waals surface area (Å²) in [5, 5.41) is 20.6. The van der Waals surface area contributed by atoms with Gasteiger partial charge in [-0.2, -0.15) is 0 Å². The normalized spacial score (nSPS) is 11.7. The molecule has 0 aliphatic heterocycles. The van der Waals surface area contributed by atoms with Gasteiger partial charge < -0.3 is 10.1 Å². The smallest absolute Gasteiger partial charge is 0.273 e. The molecule has 0 aliphatic rings. The van der Waals surface area contributed by atoms with Gasteiger partial charge in [0.2, 0.25) is 5.91 Å². The predicted octanol–water partition coefficient (Wildman–Crippen LogP) is 2.57. The second-order valence-corrected chi connectivity index (χ2v) is 6.52. The van der Waals surface area contributed by atoms with E-state index in [9.17, 15) is 14.9 Å². The van der Waals surface area contributed by atoms with E-state index in [-0.39, 0.29) is 17.3 Å². The van der Waals surface area contributed by atoms with E-state index in [0.29, 0.717) is 10.0 Å². The molecular formula is C12H12N4O4S2. The lowest BCUT2D eigenvalue weighted by atomic mass is 10.2. The number of nitro benzene ring substituents is 1. The van der Waals surface area contributed by atoms with E-state index in [4.69, 9.17) is 4.74 Å². The first-order chi connectivity index (χ1) is 10.5. The molecule has 2 aromatic rings. The molecule has 116 valence electrons. The number of carbonyl (C=O) groups is 1. The molecule has 1 heterocycles. The number of methoxy groups -OCH3 is 1. The second-order valence-electron chi connectivity index (χ2n) is 4.10. The van der Waals surface area contributed by atoms with Crippen LogP contribution in [0.1, 0.15) is 6.92 Å². The molecule has 8 nitrogen and oxygen atoms in total. The predicted molar refractivity (Wildman–Crippen MR) is 83.5 cm³/mol. The van der Waals surface area contributed by atoms with Crippen LogP contribution >= 0.6 is 23.1 Å². The van der Waals surface area contributed by atoms with Crippen molar-refractivity contribution >= 4 is 40.4 Å². The van der Waals surface area contributed by atoms with Gasteiger partial charge in [-0.25, -0.2) is 0 Å². The summed E-state index contributed by atoms with van der Waals surface area (Å²) >= 11 is 2.63. The molecule has 1 aromatic heterocycles. The van der Waals surface area contributed by atoms with E-state index >= 15 is 0 Å². The van der Waals surface area contributed by atoms with Gasteiger partial charge in [0.15, 0.2) is 4.34 Å². The SMILES string of the molecule is COc1cc([N+](=O)[O-])ccc1NC(=O)[C@H](C)Sc1nncs1. The number of anilines is 1. The maximum atomic E-state index is 12.2. The minimum Gasteiger partial charge on any atom is -0.494 e. The molecule has 0 bridgehead atoms. The van der Waals surface area contributed by atoms with E-state index < -0.39 is 10.2 Å². The van der Waals surface area contributed by atoms with Crippen molar-refractivity contribution in [3.63, 3.8) is 0 Å². The summed E-state index contributed by atoms with van der Waals surface area (Å²) in [5.74, 6) is -0.0250. The summed E-state index contributed by atoms with van der Waals surface area (Å²) in [4.78, 5) is 22.4. The van der Waals surface area contributed by atoms with Crippen LogP contribution in [-0.2, 0) is 4.79 Å². The third-order valence-electron chi connectivity index (χ3n) is 2.64. The average molecular weight is 340 g/mol. The number of nitro groups is 1. The molecule has 0 unspecified atom stereocenters. The maximum Gasteiger partial charge on any atom is 0.273 e. The fraction of sp³-hybridized carbons (Fsp3) is 0.250. The van der Waals surface area contributed by atoms with Crippen molar-refractivity contribution in [3.8, 4) is 5.75 Å². The highest BCUT2D eigenvalue weighted by Gasteiger charge is 2.19. The Morgan fingerprint density at radius 1 is 1.55 bits per heavy atom. The van der Waals surface area contributed by atoms with Gasteiger partial charge in [-0.1, -0.05) is 23.1 Å². The van der Waals surface area contributed by atoms with Crippen molar-refractivity contribution in [3.05, 3.63) is 33.8 Å². The molecule has 0 saturated carbocycles. The van der Waals surface area contributed by atoms with Gasteiger partial charge in [-0.05, 0) is 13.0 Å². The number of hydrogen-bond acceptors (Lipinski definition) is 8. The zero-order chi connectivity index (χ0) is 16.1. The van der Waals surface area contributed by atoms with Crippen LogP contribution in [0.4, 0.5) is 11.4 Å². The van der Waals surface area contributed by atoms with Crippen LogP contribution in [0.25, 0.3) is 0 Å². The number of benzene rings is 1. The summed E-state index contributed by atoms with van der Waals surface area (Å²) in [6, 6.07) is 4.01. The Balaban J connectivity index is 2.09. The number of thioether (sulfide) groups is 1. The lowest BCUT2D eigenvalue weighted by molar-refractivity contribution is -0.384. The largest absolute Gasteiger partial charge is 0.494 e. The van der Waals surface area contributed by atoms with E-state index in [2.05, 4.69) is 15.5 Å². The Labute approximate surface area is 134 Å². The van der Waals surface area contributed by atoms with Crippen molar-refractivity contribution in [2.45, 2.75) is 16.5 Å².